The van der Waals surface area contributed by atoms with Crippen molar-refractivity contribution in [1.29, 1.82) is 0 Å². The monoisotopic (exact) mass is 482 g/mol. The van der Waals surface area contributed by atoms with Crippen molar-refractivity contribution in [2.75, 3.05) is 14.1 Å². The second-order valence-electron chi connectivity index (χ2n) is 5.25. The predicted octanol–water partition coefficient (Wildman–Crippen LogP) is 4.42. The minimum atomic E-state index is 0. The molecule has 5 nitrogen and oxygen atoms in total. The number of benzene rings is 1. The van der Waals surface area contributed by atoms with Gasteiger partial charge in [0, 0.05) is 20.6 Å². The van der Waals surface area contributed by atoms with Crippen LogP contribution in [0.1, 0.15) is 22.9 Å². The lowest BCUT2D eigenvalue weighted by Gasteiger charge is -2.21. The van der Waals surface area contributed by atoms with E-state index in [1.165, 1.54) is 0 Å². The number of rotatable bonds is 4. The van der Waals surface area contributed by atoms with Crippen LogP contribution in [0.3, 0.4) is 0 Å². The van der Waals surface area contributed by atoms with Crippen molar-refractivity contribution >= 4 is 53.1 Å². The number of halogens is 3. The van der Waals surface area contributed by atoms with Crippen LogP contribution in [-0.4, -0.2) is 29.9 Å². The predicted molar refractivity (Wildman–Crippen MR) is 110 cm³/mol. The smallest absolute Gasteiger partial charge is 0.214 e. The van der Waals surface area contributed by atoms with E-state index in [0.29, 0.717) is 29.0 Å². The number of guanidine groups is 1. The molecule has 0 amide bonds. The summed E-state index contributed by atoms with van der Waals surface area (Å²) >= 11 is 12.0. The lowest BCUT2D eigenvalue weighted by molar-refractivity contribution is 0.443. The summed E-state index contributed by atoms with van der Waals surface area (Å²) in [5.41, 5.74) is 1.95. The fourth-order valence-corrected chi connectivity index (χ4v) is 2.46. The highest BCUT2D eigenvalue weighted by atomic mass is 127. The van der Waals surface area contributed by atoms with Crippen molar-refractivity contribution < 1.29 is 4.42 Å². The van der Waals surface area contributed by atoms with Gasteiger partial charge in [0.1, 0.15) is 5.76 Å². The largest absolute Gasteiger partial charge is 0.444 e. The molecule has 1 aromatic carbocycles. The standard InChI is InChI=1S/C16H20Cl2N4O.HI/c1-10-11(2)23-15(21-10)8-20-16(19-3)22(4)9-12-5-6-13(17)14(18)7-12;/h5-7H,8-9H2,1-4H3,(H,19,20);1H. The third kappa shape index (κ3) is 5.53. The summed E-state index contributed by atoms with van der Waals surface area (Å²) in [6.45, 7) is 4.96. The normalized spacial score (nSPS) is 11.2. The second kappa shape index (κ2) is 9.48. The molecular formula is C16H21Cl2IN4O. The zero-order valence-electron chi connectivity index (χ0n) is 14.1. The molecule has 0 unspecified atom stereocenters. The van der Waals surface area contributed by atoms with Crippen LogP contribution in [-0.2, 0) is 13.1 Å². The Morgan fingerprint density at radius 3 is 2.54 bits per heavy atom. The zero-order chi connectivity index (χ0) is 17.0. The molecule has 1 heterocycles. The summed E-state index contributed by atoms with van der Waals surface area (Å²) in [6.07, 6.45) is 0. The maximum Gasteiger partial charge on any atom is 0.214 e. The van der Waals surface area contributed by atoms with Gasteiger partial charge in [-0.3, -0.25) is 4.99 Å². The highest BCUT2D eigenvalue weighted by Gasteiger charge is 2.10. The molecular weight excluding hydrogens is 462 g/mol. The Labute approximate surface area is 169 Å². The number of hydrogen-bond acceptors (Lipinski definition) is 3. The van der Waals surface area contributed by atoms with E-state index in [1.54, 1.807) is 13.1 Å². The number of aromatic nitrogens is 1. The fraction of sp³-hybridized carbons (Fsp3) is 0.375. The quantitative estimate of drug-likeness (QED) is 0.398. The van der Waals surface area contributed by atoms with Crippen LogP contribution in [0.4, 0.5) is 0 Å². The van der Waals surface area contributed by atoms with E-state index in [2.05, 4.69) is 15.3 Å². The van der Waals surface area contributed by atoms with Crippen molar-refractivity contribution in [2.24, 2.45) is 4.99 Å². The van der Waals surface area contributed by atoms with Crippen molar-refractivity contribution in [3.63, 3.8) is 0 Å². The van der Waals surface area contributed by atoms with Gasteiger partial charge in [0.15, 0.2) is 5.96 Å². The molecule has 0 bridgehead atoms. The van der Waals surface area contributed by atoms with E-state index >= 15 is 0 Å². The second-order valence-corrected chi connectivity index (χ2v) is 6.07. The Kier molecular flexibility index (Phi) is 8.32. The van der Waals surface area contributed by atoms with Crippen LogP contribution in [0.25, 0.3) is 0 Å². The summed E-state index contributed by atoms with van der Waals surface area (Å²) in [5.74, 6) is 2.22. The maximum atomic E-state index is 6.05. The van der Waals surface area contributed by atoms with E-state index < -0.39 is 0 Å². The Hall–Kier alpha value is -0.990. The SMILES string of the molecule is CN=C(NCc1nc(C)c(C)o1)N(C)Cc1ccc(Cl)c(Cl)c1.I. The molecule has 0 fully saturated rings. The van der Waals surface area contributed by atoms with E-state index in [0.717, 1.165) is 23.0 Å². The van der Waals surface area contributed by atoms with Gasteiger partial charge >= 0.3 is 0 Å². The third-order valence-electron chi connectivity index (χ3n) is 3.45. The van der Waals surface area contributed by atoms with E-state index in [-0.39, 0.29) is 24.0 Å². The first-order valence-electron chi connectivity index (χ1n) is 7.19. The minimum absolute atomic E-state index is 0. The van der Waals surface area contributed by atoms with Crippen molar-refractivity contribution in [2.45, 2.75) is 26.9 Å². The van der Waals surface area contributed by atoms with Gasteiger partial charge in [-0.15, -0.1) is 24.0 Å². The van der Waals surface area contributed by atoms with Gasteiger partial charge in [0.05, 0.1) is 22.3 Å². The molecule has 2 aromatic rings. The summed E-state index contributed by atoms with van der Waals surface area (Å²) in [6, 6.07) is 5.59. The molecule has 0 spiro atoms. The van der Waals surface area contributed by atoms with Gasteiger partial charge < -0.3 is 14.6 Å². The van der Waals surface area contributed by atoms with Crippen LogP contribution < -0.4 is 5.32 Å². The highest BCUT2D eigenvalue weighted by molar-refractivity contribution is 14.0. The number of hydrogen-bond donors (Lipinski definition) is 1. The van der Waals surface area contributed by atoms with E-state index in [4.69, 9.17) is 27.6 Å². The molecule has 24 heavy (non-hydrogen) atoms. The van der Waals surface area contributed by atoms with Crippen LogP contribution in [0.5, 0.6) is 0 Å². The van der Waals surface area contributed by atoms with Gasteiger partial charge in [-0.1, -0.05) is 29.3 Å². The van der Waals surface area contributed by atoms with Crippen LogP contribution in [0, 0.1) is 13.8 Å². The van der Waals surface area contributed by atoms with Crippen LogP contribution in [0.2, 0.25) is 10.0 Å². The van der Waals surface area contributed by atoms with Gasteiger partial charge in [0.25, 0.3) is 0 Å². The number of nitrogens with zero attached hydrogens (tertiary/aromatic N) is 3. The Balaban J connectivity index is 0.00000288. The summed E-state index contributed by atoms with van der Waals surface area (Å²) < 4.78 is 5.56. The zero-order valence-corrected chi connectivity index (χ0v) is 17.9. The topological polar surface area (TPSA) is 53.7 Å². The number of aryl methyl sites for hydroxylation is 2. The van der Waals surface area contributed by atoms with Crippen LogP contribution >= 0.6 is 47.2 Å². The molecule has 0 aliphatic rings. The van der Waals surface area contributed by atoms with Crippen molar-refractivity contribution in [3.8, 4) is 0 Å². The first-order valence-corrected chi connectivity index (χ1v) is 7.95. The molecule has 2 rings (SSSR count). The molecule has 1 aromatic heterocycles. The van der Waals surface area contributed by atoms with E-state index in [9.17, 15) is 0 Å². The van der Waals surface area contributed by atoms with Gasteiger partial charge in [-0.2, -0.15) is 0 Å². The lowest BCUT2D eigenvalue weighted by atomic mass is 10.2. The molecule has 0 aliphatic carbocycles. The molecule has 132 valence electrons. The molecule has 0 atom stereocenters. The summed E-state index contributed by atoms with van der Waals surface area (Å²) in [7, 11) is 3.68. The number of nitrogens with one attached hydrogen (secondary N) is 1. The van der Waals surface area contributed by atoms with Crippen LogP contribution in [0.15, 0.2) is 27.6 Å². The molecule has 0 saturated heterocycles. The summed E-state index contributed by atoms with van der Waals surface area (Å²) in [4.78, 5) is 10.6. The molecule has 8 heteroatoms. The Morgan fingerprint density at radius 2 is 2.00 bits per heavy atom. The molecule has 1 N–H and O–H groups in total. The van der Waals surface area contributed by atoms with Gasteiger partial charge in [0.2, 0.25) is 5.89 Å². The minimum Gasteiger partial charge on any atom is -0.444 e. The third-order valence-corrected chi connectivity index (χ3v) is 4.19. The molecule has 0 radical (unpaired) electrons. The van der Waals surface area contributed by atoms with E-state index in [1.807, 2.05) is 37.9 Å². The Bertz CT molecular complexity index is 699. The average Bonchev–Trinajstić information content (AvgIpc) is 2.82. The molecule has 0 aliphatic heterocycles. The Morgan fingerprint density at radius 1 is 1.29 bits per heavy atom. The fourth-order valence-electron chi connectivity index (χ4n) is 2.14. The lowest BCUT2D eigenvalue weighted by Crippen LogP contribution is -2.38. The van der Waals surface area contributed by atoms with Crippen molar-refractivity contribution in [3.05, 3.63) is 51.2 Å². The van der Waals surface area contributed by atoms with Gasteiger partial charge in [-0.25, -0.2) is 4.98 Å². The molecule has 0 saturated carbocycles. The number of aliphatic imine (C=N–C) groups is 1. The summed E-state index contributed by atoms with van der Waals surface area (Å²) in [5, 5.41) is 4.33. The first kappa shape index (κ1) is 21.1. The highest BCUT2D eigenvalue weighted by Crippen LogP contribution is 2.23. The number of oxazole rings is 1. The van der Waals surface area contributed by atoms with Crippen molar-refractivity contribution in [1.82, 2.24) is 15.2 Å². The maximum absolute atomic E-state index is 6.05. The average molecular weight is 483 g/mol. The first-order chi connectivity index (χ1) is 10.9. The van der Waals surface area contributed by atoms with Gasteiger partial charge in [-0.05, 0) is 31.5 Å².